The Morgan fingerprint density at radius 3 is 1.40 bits per heavy atom. The number of hydrogen-bond donors (Lipinski definition) is 0. The molecule has 0 unspecified atom stereocenters. The Kier molecular flexibility index (Phi) is 7.66. The van der Waals surface area contributed by atoms with E-state index in [0.717, 1.165) is 27.3 Å². The SMILES string of the molecule is Bc1c(B)c(B)c2c(-c3ccc4oc5c6ccccc6ccc5c4c3)c3c(B)c(B)c(B)c(B)c3c(-c3ccc(-c4ccc5ccccc5c4)cc3)c2c1B. The quantitative estimate of drug-likeness (QED) is 0.176. The minimum atomic E-state index is 0.923. The van der Waals surface area contributed by atoms with Gasteiger partial charge in [-0.2, -0.15) is 0 Å². The molecule has 0 aliphatic heterocycles. The molecular weight excluding hydrogens is 655 g/mol. The van der Waals surface area contributed by atoms with Crippen molar-refractivity contribution in [2.45, 2.75) is 0 Å². The van der Waals surface area contributed by atoms with Gasteiger partial charge >= 0.3 is 0 Å². The Labute approximate surface area is 329 Å². The molecular formula is C46H36B8O. The number of fused-ring (bicyclic) bond motifs is 8. The van der Waals surface area contributed by atoms with Gasteiger partial charge < -0.3 is 4.42 Å². The van der Waals surface area contributed by atoms with E-state index in [9.17, 15) is 0 Å². The highest BCUT2D eigenvalue weighted by Gasteiger charge is 2.25. The first-order valence-electron chi connectivity index (χ1n) is 19.5. The fourth-order valence-electron chi connectivity index (χ4n) is 9.56. The molecule has 1 nitrogen and oxygen atoms in total. The molecule has 0 aliphatic rings. The molecule has 1 aromatic heterocycles. The fraction of sp³-hybridized carbons (Fsp3) is 0. The van der Waals surface area contributed by atoms with Crippen molar-refractivity contribution >= 4 is 172 Å². The summed E-state index contributed by atoms with van der Waals surface area (Å²) in [6.07, 6.45) is 0. The Balaban J connectivity index is 1.31. The van der Waals surface area contributed by atoms with E-state index >= 15 is 0 Å². The van der Waals surface area contributed by atoms with Crippen LogP contribution in [0.3, 0.4) is 0 Å². The van der Waals surface area contributed by atoms with Crippen LogP contribution in [0.25, 0.3) is 98.4 Å². The van der Waals surface area contributed by atoms with E-state index in [-0.39, 0.29) is 0 Å². The number of benzene rings is 9. The largest absolute Gasteiger partial charge is 0.455 e. The molecule has 0 aliphatic carbocycles. The lowest BCUT2D eigenvalue weighted by Crippen LogP contribution is -2.50. The fourth-order valence-corrected chi connectivity index (χ4v) is 9.56. The van der Waals surface area contributed by atoms with Crippen molar-refractivity contribution in [3.05, 3.63) is 121 Å². The molecule has 0 spiro atoms. The third-order valence-corrected chi connectivity index (χ3v) is 13.3. The highest BCUT2D eigenvalue weighted by Crippen LogP contribution is 2.43. The van der Waals surface area contributed by atoms with Gasteiger partial charge in [0.25, 0.3) is 0 Å². The average Bonchev–Trinajstić information content (AvgIpc) is 3.61. The second-order valence-electron chi connectivity index (χ2n) is 15.9. The van der Waals surface area contributed by atoms with Gasteiger partial charge in [0.05, 0.1) is 0 Å². The first-order chi connectivity index (χ1) is 26.6. The maximum absolute atomic E-state index is 6.63. The predicted molar refractivity (Wildman–Crippen MR) is 265 cm³/mol. The highest BCUT2D eigenvalue weighted by atomic mass is 16.3. The molecule has 250 valence electrons. The second-order valence-corrected chi connectivity index (χ2v) is 15.9. The van der Waals surface area contributed by atoms with Crippen molar-refractivity contribution in [2.75, 3.05) is 0 Å². The van der Waals surface area contributed by atoms with Crippen molar-refractivity contribution in [3.63, 3.8) is 0 Å². The van der Waals surface area contributed by atoms with Gasteiger partial charge in [-0.3, -0.25) is 0 Å². The van der Waals surface area contributed by atoms with E-state index < -0.39 is 0 Å². The monoisotopic (exact) mass is 692 g/mol. The summed E-state index contributed by atoms with van der Waals surface area (Å²) in [6, 6.07) is 44.6. The third-order valence-electron chi connectivity index (χ3n) is 13.3. The van der Waals surface area contributed by atoms with E-state index in [1.807, 2.05) is 0 Å². The molecule has 1 heterocycles. The zero-order chi connectivity index (χ0) is 37.9. The van der Waals surface area contributed by atoms with Gasteiger partial charge in [-0.1, -0.05) is 119 Å². The molecule has 9 heteroatoms. The van der Waals surface area contributed by atoms with Crippen molar-refractivity contribution in [1.29, 1.82) is 0 Å². The maximum Gasteiger partial charge on any atom is 0.143 e. The maximum atomic E-state index is 6.63. The van der Waals surface area contributed by atoms with Gasteiger partial charge in [0.2, 0.25) is 0 Å². The Hall–Kier alpha value is -5.66. The van der Waals surface area contributed by atoms with E-state index in [4.69, 9.17) is 4.42 Å². The zero-order valence-corrected chi connectivity index (χ0v) is 33.0. The molecule has 0 fully saturated rings. The summed E-state index contributed by atoms with van der Waals surface area (Å²) >= 11 is 0. The topological polar surface area (TPSA) is 13.1 Å². The molecule has 0 atom stereocenters. The van der Waals surface area contributed by atoms with Crippen LogP contribution in [0.15, 0.2) is 126 Å². The summed E-state index contributed by atoms with van der Waals surface area (Å²) in [7, 11) is 18.6. The van der Waals surface area contributed by atoms with Crippen molar-refractivity contribution in [2.24, 2.45) is 0 Å². The van der Waals surface area contributed by atoms with Crippen LogP contribution in [0.5, 0.6) is 0 Å². The van der Waals surface area contributed by atoms with Crippen molar-refractivity contribution in [3.8, 4) is 33.4 Å². The van der Waals surface area contributed by atoms with Crippen LogP contribution in [-0.4, -0.2) is 62.8 Å². The van der Waals surface area contributed by atoms with Crippen LogP contribution in [-0.2, 0) is 0 Å². The summed E-state index contributed by atoms with van der Waals surface area (Å²) in [6.45, 7) is 0. The highest BCUT2D eigenvalue weighted by molar-refractivity contribution is 6.71. The smallest absolute Gasteiger partial charge is 0.143 e. The van der Waals surface area contributed by atoms with Crippen LogP contribution in [0.2, 0.25) is 0 Å². The van der Waals surface area contributed by atoms with Crippen LogP contribution >= 0.6 is 0 Å². The Morgan fingerprint density at radius 2 is 0.782 bits per heavy atom. The van der Waals surface area contributed by atoms with Gasteiger partial charge in [-0.05, 0) is 95.3 Å². The standard InChI is InChI=1S/C46H36B8O/c47-38-34-32(24-12-9-22(10-13-24)26-14-11-21-5-1-2-7-25(21)19-26)35-37(41(50)45(54)43(52)39(35)48)33(36(34)40(49)44(53)42(38)51)27-16-18-31-30(20-27)29-17-15-23-6-3-4-8-28(23)46(29)55-31/h1-20H,47-54H2. The van der Waals surface area contributed by atoms with Crippen LogP contribution < -0.4 is 43.7 Å². The van der Waals surface area contributed by atoms with E-state index in [1.165, 1.54) is 115 Å². The molecule has 0 saturated carbocycles. The summed E-state index contributed by atoms with van der Waals surface area (Å²) in [5, 5.41) is 12.6. The van der Waals surface area contributed by atoms with Crippen LogP contribution in [0, 0.1) is 0 Å². The van der Waals surface area contributed by atoms with Crippen LogP contribution in [0.4, 0.5) is 0 Å². The molecule has 0 radical (unpaired) electrons. The minimum absolute atomic E-state index is 0.923. The van der Waals surface area contributed by atoms with Crippen molar-refractivity contribution in [1.82, 2.24) is 0 Å². The van der Waals surface area contributed by atoms with Crippen LogP contribution in [0.1, 0.15) is 0 Å². The lowest BCUT2D eigenvalue weighted by atomic mass is 9.59. The molecule has 0 saturated heterocycles. The molecule has 9 aromatic carbocycles. The summed E-state index contributed by atoms with van der Waals surface area (Å²) < 4.78 is 6.63. The summed E-state index contributed by atoms with van der Waals surface area (Å²) in [5.74, 6) is 0. The predicted octanol–water partition coefficient (Wildman–Crippen LogP) is -0.733. The molecule has 55 heavy (non-hydrogen) atoms. The number of rotatable bonds is 3. The first-order valence-corrected chi connectivity index (χ1v) is 19.5. The van der Waals surface area contributed by atoms with Gasteiger partial charge in [-0.15, -0.1) is 21.9 Å². The number of hydrogen-bond acceptors (Lipinski definition) is 1. The van der Waals surface area contributed by atoms with E-state index in [0.29, 0.717) is 0 Å². The lowest BCUT2D eigenvalue weighted by Gasteiger charge is -2.28. The van der Waals surface area contributed by atoms with E-state index in [2.05, 4.69) is 184 Å². The zero-order valence-electron chi connectivity index (χ0n) is 33.0. The Morgan fingerprint density at radius 1 is 0.309 bits per heavy atom. The molecule has 0 amide bonds. The Bertz CT molecular complexity index is 3210. The minimum Gasteiger partial charge on any atom is -0.455 e. The summed E-state index contributed by atoms with van der Waals surface area (Å²) in [4.78, 5) is 0. The van der Waals surface area contributed by atoms with Gasteiger partial charge in [0.1, 0.15) is 73.9 Å². The molecule has 0 N–H and O–H groups in total. The number of furan rings is 1. The van der Waals surface area contributed by atoms with Crippen molar-refractivity contribution < 1.29 is 4.42 Å². The third kappa shape index (κ3) is 4.91. The average molecular weight is 691 g/mol. The second kappa shape index (κ2) is 12.4. The normalized spacial score (nSPS) is 11.9. The lowest BCUT2D eigenvalue weighted by molar-refractivity contribution is 0.672. The van der Waals surface area contributed by atoms with Gasteiger partial charge in [0, 0.05) is 16.2 Å². The summed E-state index contributed by atoms with van der Waals surface area (Å²) in [5.41, 5.74) is 20.4. The van der Waals surface area contributed by atoms with E-state index in [1.54, 1.807) is 0 Å². The molecule has 10 aromatic rings. The molecule has 10 rings (SSSR count). The molecule has 0 bridgehead atoms. The van der Waals surface area contributed by atoms with Gasteiger partial charge in [-0.25, -0.2) is 0 Å². The van der Waals surface area contributed by atoms with Gasteiger partial charge in [0.15, 0.2) is 0 Å². The first kappa shape index (κ1) is 33.9.